The Morgan fingerprint density at radius 3 is 2.31 bits per heavy atom. The number of benzene rings is 2. The summed E-state index contributed by atoms with van der Waals surface area (Å²) in [5, 5.41) is 0. The van der Waals surface area contributed by atoms with Gasteiger partial charge in [0.15, 0.2) is 0 Å². The summed E-state index contributed by atoms with van der Waals surface area (Å²) in [5.74, 6) is 0.313. The average Bonchev–Trinajstić information content (AvgIpc) is 3.15. The molecule has 2 heterocycles. The number of aromatic nitrogens is 2. The molecule has 0 amide bonds. The van der Waals surface area contributed by atoms with Gasteiger partial charge in [-0.3, -0.25) is 14.3 Å². The van der Waals surface area contributed by atoms with Crippen LogP contribution in [0.3, 0.4) is 0 Å². The zero-order valence-corrected chi connectivity index (χ0v) is 21.1. The Labute approximate surface area is 211 Å². The summed E-state index contributed by atoms with van der Waals surface area (Å²) in [6.07, 6.45) is 1.69. The second kappa shape index (κ2) is 10.2. The molecule has 0 spiro atoms. The molecule has 2 aromatic carbocycles. The topological polar surface area (TPSA) is 82.6 Å². The molecule has 7 nitrogen and oxygen atoms in total. The van der Waals surface area contributed by atoms with Gasteiger partial charge < -0.3 is 14.2 Å². The Morgan fingerprint density at radius 2 is 1.64 bits per heavy atom. The molecule has 0 unspecified atom stereocenters. The number of hydrogen-bond donors (Lipinski definition) is 1. The van der Waals surface area contributed by atoms with Gasteiger partial charge >= 0.3 is 5.69 Å². The van der Waals surface area contributed by atoms with Crippen molar-refractivity contribution in [2.75, 3.05) is 6.61 Å². The lowest BCUT2D eigenvalue weighted by molar-refractivity contribution is -0.188. The first kappa shape index (κ1) is 24.7. The Balaban J connectivity index is 1.49. The fraction of sp³-hybridized carbons (Fsp3) is 0.448. The molecule has 1 N–H and O–H groups in total. The van der Waals surface area contributed by atoms with Gasteiger partial charge in [-0.25, -0.2) is 4.79 Å². The molecule has 1 aromatic heterocycles. The SMILES string of the molecule is Cc1cn([C@@H]2O[C@@]3(COCc4ccccc4)[C@H](C)C[C@@H](C)[C@@H]2[C@@H]3OCc2ccccc2)c(=O)[nH]c1=O. The highest BCUT2D eigenvalue weighted by Gasteiger charge is 2.64. The number of nitrogens with one attached hydrogen (secondary N) is 1. The maximum Gasteiger partial charge on any atom is 0.330 e. The fourth-order valence-corrected chi connectivity index (χ4v) is 5.93. The molecule has 1 aliphatic heterocycles. The Morgan fingerprint density at radius 1 is 1.00 bits per heavy atom. The number of rotatable bonds is 8. The Hall–Kier alpha value is -3.00. The molecule has 2 fully saturated rings. The standard InChI is InChI=1S/C29H34N2O5/c1-19-14-21(3)29(18-34-16-22-10-6-4-7-11-22)25(35-17-23-12-8-5-9-13-23)24(19)27(36-29)31-15-20(2)26(32)30-28(31)33/h4-13,15,19,21,24-25,27H,14,16-18H2,1-3H3,(H,30,32,33)/t19-,21-,24-,25+,27-,29+/m1/s1. The Kier molecular flexibility index (Phi) is 6.97. The highest BCUT2D eigenvalue weighted by Crippen LogP contribution is 2.56. The van der Waals surface area contributed by atoms with Crippen LogP contribution in [0.25, 0.3) is 0 Å². The number of nitrogens with zero attached hydrogens (tertiary/aromatic N) is 1. The van der Waals surface area contributed by atoms with E-state index < -0.39 is 17.5 Å². The maximum atomic E-state index is 12.9. The van der Waals surface area contributed by atoms with E-state index in [1.165, 1.54) is 4.57 Å². The highest BCUT2D eigenvalue weighted by molar-refractivity contribution is 5.16. The molecule has 1 saturated carbocycles. The van der Waals surface area contributed by atoms with Crippen LogP contribution in [0.1, 0.15) is 43.2 Å². The maximum absolute atomic E-state index is 12.9. The van der Waals surface area contributed by atoms with Crippen molar-refractivity contribution in [2.45, 2.75) is 58.3 Å². The molecule has 6 atom stereocenters. The molecule has 36 heavy (non-hydrogen) atoms. The third kappa shape index (κ3) is 4.59. The number of aryl methyl sites for hydroxylation is 1. The van der Waals surface area contributed by atoms with Gasteiger partial charge in [0.25, 0.3) is 5.56 Å². The minimum absolute atomic E-state index is 0.0757. The highest BCUT2D eigenvalue weighted by atomic mass is 16.6. The van der Waals surface area contributed by atoms with E-state index in [0.29, 0.717) is 25.4 Å². The molecule has 190 valence electrons. The van der Waals surface area contributed by atoms with E-state index in [1.807, 2.05) is 60.7 Å². The predicted molar refractivity (Wildman–Crippen MR) is 136 cm³/mol. The van der Waals surface area contributed by atoms with Crippen LogP contribution in [0.2, 0.25) is 0 Å². The molecule has 7 heteroatoms. The summed E-state index contributed by atoms with van der Waals surface area (Å²) in [5.41, 5.74) is 1.07. The van der Waals surface area contributed by atoms with Crippen LogP contribution in [-0.2, 0) is 27.4 Å². The quantitative estimate of drug-likeness (QED) is 0.512. The van der Waals surface area contributed by atoms with E-state index in [1.54, 1.807) is 13.1 Å². The van der Waals surface area contributed by atoms with Gasteiger partial charge in [-0.05, 0) is 36.3 Å². The molecule has 1 aliphatic carbocycles. The fourth-order valence-electron chi connectivity index (χ4n) is 5.93. The summed E-state index contributed by atoms with van der Waals surface area (Å²) >= 11 is 0. The lowest BCUT2D eigenvalue weighted by atomic mass is 9.66. The van der Waals surface area contributed by atoms with Gasteiger partial charge in [-0.1, -0.05) is 74.5 Å². The summed E-state index contributed by atoms with van der Waals surface area (Å²) < 4.78 is 21.3. The zero-order valence-electron chi connectivity index (χ0n) is 21.1. The molecule has 5 rings (SSSR count). The second-order valence-corrected chi connectivity index (χ2v) is 10.3. The first-order valence-corrected chi connectivity index (χ1v) is 12.7. The summed E-state index contributed by atoms with van der Waals surface area (Å²) in [6.45, 7) is 7.33. The zero-order chi connectivity index (χ0) is 25.3. The van der Waals surface area contributed by atoms with E-state index in [4.69, 9.17) is 14.2 Å². The van der Waals surface area contributed by atoms with Gasteiger partial charge in [0.05, 0.1) is 25.9 Å². The van der Waals surface area contributed by atoms with Crippen LogP contribution in [0, 0.1) is 24.7 Å². The normalized spacial score (nSPS) is 29.4. The van der Waals surface area contributed by atoms with E-state index >= 15 is 0 Å². The van der Waals surface area contributed by atoms with E-state index in [-0.39, 0.29) is 29.4 Å². The molecule has 2 bridgehead atoms. The van der Waals surface area contributed by atoms with Gasteiger partial charge in [0, 0.05) is 17.7 Å². The molecule has 3 aromatic rings. The van der Waals surface area contributed by atoms with Gasteiger partial charge in [-0.2, -0.15) is 0 Å². The van der Waals surface area contributed by atoms with E-state index in [9.17, 15) is 9.59 Å². The van der Waals surface area contributed by atoms with Gasteiger partial charge in [0.1, 0.15) is 11.8 Å². The number of fused-ring (bicyclic) bond motifs is 2. The van der Waals surface area contributed by atoms with Crippen LogP contribution in [0.4, 0.5) is 0 Å². The van der Waals surface area contributed by atoms with Crippen LogP contribution in [-0.4, -0.2) is 27.9 Å². The molecular formula is C29H34N2O5. The van der Waals surface area contributed by atoms with Gasteiger partial charge in [-0.15, -0.1) is 0 Å². The number of ether oxygens (including phenoxy) is 3. The van der Waals surface area contributed by atoms with Gasteiger partial charge in [0.2, 0.25) is 0 Å². The monoisotopic (exact) mass is 490 g/mol. The van der Waals surface area contributed by atoms with E-state index in [0.717, 1.165) is 17.5 Å². The van der Waals surface area contributed by atoms with Crippen molar-refractivity contribution in [2.24, 2.45) is 17.8 Å². The van der Waals surface area contributed by atoms with Crippen molar-refractivity contribution in [1.82, 2.24) is 9.55 Å². The third-order valence-electron chi connectivity index (χ3n) is 7.85. The summed E-state index contributed by atoms with van der Waals surface area (Å²) in [4.78, 5) is 27.4. The van der Waals surface area contributed by atoms with E-state index in [2.05, 4.69) is 18.8 Å². The summed E-state index contributed by atoms with van der Waals surface area (Å²) in [7, 11) is 0. The van der Waals surface area contributed by atoms with Crippen LogP contribution >= 0.6 is 0 Å². The number of aromatic amines is 1. The minimum Gasteiger partial charge on any atom is -0.374 e. The molecule has 0 radical (unpaired) electrons. The van der Waals surface area contributed by atoms with Crippen LogP contribution in [0.5, 0.6) is 0 Å². The van der Waals surface area contributed by atoms with Crippen molar-refractivity contribution < 1.29 is 14.2 Å². The molecule has 1 saturated heterocycles. The van der Waals surface area contributed by atoms with Crippen molar-refractivity contribution in [3.63, 3.8) is 0 Å². The predicted octanol–water partition coefficient (Wildman–Crippen LogP) is 4.21. The average molecular weight is 491 g/mol. The third-order valence-corrected chi connectivity index (χ3v) is 7.85. The molecule has 2 aliphatic rings. The second-order valence-electron chi connectivity index (χ2n) is 10.3. The summed E-state index contributed by atoms with van der Waals surface area (Å²) in [6, 6.07) is 20.1. The number of hydrogen-bond acceptors (Lipinski definition) is 5. The van der Waals surface area contributed by atoms with Crippen molar-refractivity contribution in [3.05, 3.63) is 104 Å². The lowest BCUT2D eigenvalue weighted by Crippen LogP contribution is -2.56. The largest absolute Gasteiger partial charge is 0.374 e. The van der Waals surface area contributed by atoms with Crippen LogP contribution in [0.15, 0.2) is 76.4 Å². The van der Waals surface area contributed by atoms with Crippen LogP contribution < -0.4 is 11.2 Å². The smallest absolute Gasteiger partial charge is 0.330 e. The Bertz CT molecular complexity index is 1290. The van der Waals surface area contributed by atoms with Crippen molar-refractivity contribution in [3.8, 4) is 0 Å². The first-order valence-electron chi connectivity index (χ1n) is 12.7. The van der Waals surface area contributed by atoms with Crippen molar-refractivity contribution in [1.29, 1.82) is 0 Å². The lowest BCUT2D eigenvalue weighted by Gasteiger charge is -2.45. The van der Waals surface area contributed by atoms with Crippen molar-refractivity contribution >= 4 is 0 Å². The minimum atomic E-state index is -0.727. The first-order chi connectivity index (χ1) is 17.4. The molecular weight excluding hydrogens is 456 g/mol. The number of H-pyrrole nitrogens is 1.